The zero-order chi connectivity index (χ0) is 21.5. The molecule has 1 fully saturated rings. The molecule has 1 aliphatic heterocycles. The average molecular weight is 416 g/mol. The fourth-order valence-corrected chi connectivity index (χ4v) is 3.38. The van der Waals surface area contributed by atoms with Crippen LogP contribution < -0.4 is 10.1 Å². The van der Waals surface area contributed by atoms with Crippen LogP contribution in [0.15, 0.2) is 79.0 Å². The molecule has 7 heteroatoms. The number of nitrogens with zero attached hydrogens (tertiary/aromatic N) is 3. The molecule has 1 aromatic heterocycles. The third kappa shape index (κ3) is 5.39. The van der Waals surface area contributed by atoms with Gasteiger partial charge in [0, 0.05) is 37.9 Å². The van der Waals surface area contributed by atoms with Gasteiger partial charge in [0.25, 0.3) is 5.91 Å². The summed E-state index contributed by atoms with van der Waals surface area (Å²) in [6.45, 7) is 2.33. The van der Waals surface area contributed by atoms with Crippen LogP contribution in [-0.2, 0) is 6.61 Å². The van der Waals surface area contributed by atoms with Gasteiger partial charge >= 0.3 is 6.03 Å². The monoisotopic (exact) mass is 416 g/mol. The number of piperazine rings is 1. The third-order valence-corrected chi connectivity index (χ3v) is 5.08. The number of benzene rings is 2. The Morgan fingerprint density at radius 3 is 2.35 bits per heavy atom. The first kappa shape index (κ1) is 20.4. The number of pyridine rings is 1. The summed E-state index contributed by atoms with van der Waals surface area (Å²) < 4.78 is 5.84. The first-order valence-electron chi connectivity index (χ1n) is 10.2. The molecule has 158 valence electrons. The lowest BCUT2D eigenvalue weighted by molar-refractivity contribution is 0.0671. The number of hydrogen-bond acceptors (Lipinski definition) is 4. The van der Waals surface area contributed by atoms with Crippen LogP contribution in [0.4, 0.5) is 10.6 Å². The fraction of sp³-hybridized carbons (Fsp3) is 0.208. The molecular formula is C24H24N4O3. The Balaban J connectivity index is 1.30. The molecule has 0 aliphatic carbocycles. The summed E-state index contributed by atoms with van der Waals surface area (Å²) in [4.78, 5) is 32.9. The van der Waals surface area contributed by atoms with Gasteiger partial charge in [0.1, 0.15) is 18.2 Å². The van der Waals surface area contributed by atoms with Crippen molar-refractivity contribution >= 4 is 17.8 Å². The fourth-order valence-electron chi connectivity index (χ4n) is 3.38. The van der Waals surface area contributed by atoms with Crippen molar-refractivity contribution in [3.8, 4) is 5.75 Å². The first-order valence-corrected chi connectivity index (χ1v) is 10.2. The van der Waals surface area contributed by atoms with Gasteiger partial charge in [-0.3, -0.25) is 10.1 Å². The van der Waals surface area contributed by atoms with E-state index in [9.17, 15) is 9.59 Å². The lowest BCUT2D eigenvalue weighted by Crippen LogP contribution is -2.51. The average Bonchev–Trinajstić information content (AvgIpc) is 2.84. The van der Waals surface area contributed by atoms with Crippen LogP contribution in [0.2, 0.25) is 0 Å². The summed E-state index contributed by atoms with van der Waals surface area (Å²) in [5.74, 6) is 1.11. The minimum atomic E-state index is -0.206. The van der Waals surface area contributed by atoms with Crippen molar-refractivity contribution in [2.45, 2.75) is 6.61 Å². The normalized spacial score (nSPS) is 13.5. The number of aromatic nitrogens is 1. The maximum absolute atomic E-state index is 12.9. The molecule has 0 radical (unpaired) electrons. The molecule has 31 heavy (non-hydrogen) atoms. The number of amides is 3. The van der Waals surface area contributed by atoms with Gasteiger partial charge in [-0.1, -0.05) is 42.5 Å². The molecule has 2 heterocycles. The lowest BCUT2D eigenvalue weighted by Gasteiger charge is -2.34. The molecule has 1 N–H and O–H groups in total. The van der Waals surface area contributed by atoms with Gasteiger partial charge in [0.15, 0.2) is 0 Å². The number of hydrogen-bond donors (Lipinski definition) is 1. The highest BCUT2D eigenvalue weighted by Crippen LogP contribution is 2.18. The zero-order valence-electron chi connectivity index (χ0n) is 17.1. The number of anilines is 1. The number of carbonyl (C=O) groups excluding carboxylic acids is 2. The Labute approximate surface area is 181 Å². The largest absolute Gasteiger partial charge is 0.489 e. The summed E-state index contributed by atoms with van der Waals surface area (Å²) in [6.07, 6.45) is 1.63. The second-order valence-corrected chi connectivity index (χ2v) is 7.23. The van der Waals surface area contributed by atoms with Crippen LogP contribution in [0.5, 0.6) is 5.75 Å². The van der Waals surface area contributed by atoms with Crippen molar-refractivity contribution in [3.63, 3.8) is 0 Å². The van der Waals surface area contributed by atoms with Gasteiger partial charge in [-0.05, 0) is 35.9 Å². The van der Waals surface area contributed by atoms with E-state index in [0.29, 0.717) is 49.9 Å². The van der Waals surface area contributed by atoms with Crippen molar-refractivity contribution in [1.29, 1.82) is 0 Å². The maximum Gasteiger partial charge on any atom is 0.323 e. The molecule has 2 aromatic carbocycles. The molecule has 0 saturated carbocycles. The number of carbonyl (C=O) groups is 2. The SMILES string of the molecule is O=C(Nc1ccccn1)N1CCN(C(=O)c2cccc(OCc3ccccc3)c2)CC1. The Bertz CT molecular complexity index is 1020. The number of nitrogens with one attached hydrogen (secondary N) is 1. The lowest BCUT2D eigenvalue weighted by atomic mass is 10.1. The van der Waals surface area contributed by atoms with Crippen molar-refractivity contribution < 1.29 is 14.3 Å². The minimum absolute atomic E-state index is 0.0602. The van der Waals surface area contributed by atoms with E-state index in [1.807, 2.05) is 48.5 Å². The Morgan fingerprint density at radius 2 is 1.61 bits per heavy atom. The zero-order valence-corrected chi connectivity index (χ0v) is 17.1. The van der Waals surface area contributed by atoms with E-state index in [1.165, 1.54) is 0 Å². The van der Waals surface area contributed by atoms with E-state index in [1.54, 1.807) is 40.3 Å². The summed E-state index contributed by atoms with van der Waals surface area (Å²) in [5.41, 5.74) is 1.65. The van der Waals surface area contributed by atoms with E-state index in [2.05, 4.69) is 10.3 Å². The van der Waals surface area contributed by atoms with Gasteiger partial charge in [-0.25, -0.2) is 9.78 Å². The Hall–Kier alpha value is -3.87. The highest BCUT2D eigenvalue weighted by atomic mass is 16.5. The molecule has 0 atom stereocenters. The second kappa shape index (κ2) is 9.75. The summed E-state index contributed by atoms with van der Waals surface area (Å²) in [7, 11) is 0. The van der Waals surface area contributed by atoms with Crippen LogP contribution in [0.3, 0.4) is 0 Å². The van der Waals surface area contributed by atoms with Crippen molar-refractivity contribution in [2.24, 2.45) is 0 Å². The number of rotatable bonds is 5. The maximum atomic E-state index is 12.9. The van der Waals surface area contributed by atoms with Crippen molar-refractivity contribution in [3.05, 3.63) is 90.1 Å². The van der Waals surface area contributed by atoms with E-state index in [-0.39, 0.29) is 11.9 Å². The van der Waals surface area contributed by atoms with Crippen LogP contribution in [-0.4, -0.2) is 52.9 Å². The van der Waals surface area contributed by atoms with E-state index in [4.69, 9.17) is 4.74 Å². The molecular weight excluding hydrogens is 392 g/mol. The van der Waals surface area contributed by atoms with Gasteiger partial charge < -0.3 is 14.5 Å². The van der Waals surface area contributed by atoms with Gasteiger partial charge in [0.05, 0.1) is 0 Å². The summed E-state index contributed by atoms with van der Waals surface area (Å²) in [5, 5.41) is 2.78. The number of urea groups is 1. The third-order valence-electron chi connectivity index (χ3n) is 5.08. The van der Waals surface area contributed by atoms with E-state index >= 15 is 0 Å². The minimum Gasteiger partial charge on any atom is -0.489 e. The molecule has 7 nitrogen and oxygen atoms in total. The number of ether oxygens (including phenoxy) is 1. The standard InChI is InChI=1S/C24H24N4O3/c29-23(20-9-6-10-21(17-20)31-18-19-7-2-1-3-8-19)27-13-15-28(16-14-27)24(30)26-22-11-4-5-12-25-22/h1-12,17H,13-16,18H2,(H,25,26,30). The smallest absolute Gasteiger partial charge is 0.323 e. The molecule has 0 unspecified atom stereocenters. The van der Waals surface area contributed by atoms with Crippen molar-refractivity contribution in [2.75, 3.05) is 31.5 Å². The molecule has 1 aliphatic rings. The Morgan fingerprint density at radius 1 is 0.871 bits per heavy atom. The highest BCUT2D eigenvalue weighted by Gasteiger charge is 2.25. The van der Waals surface area contributed by atoms with Crippen LogP contribution >= 0.6 is 0 Å². The summed E-state index contributed by atoms with van der Waals surface area (Å²) >= 11 is 0. The van der Waals surface area contributed by atoms with Crippen molar-refractivity contribution in [1.82, 2.24) is 14.8 Å². The van der Waals surface area contributed by atoms with E-state index < -0.39 is 0 Å². The van der Waals surface area contributed by atoms with E-state index in [0.717, 1.165) is 5.56 Å². The van der Waals surface area contributed by atoms with Crippen LogP contribution in [0.1, 0.15) is 15.9 Å². The highest BCUT2D eigenvalue weighted by molar-refractivity contribution is 5.95. The molecule has 3 amide bonds. The predicted molar refractivity (Wildman–Crippen MR) is 118 cm³/mol. The molecule has 0 bridgehead atoms. The molecule has 0 spiro atoms. The quantitative estimate of drug-likeness (QED) is 0.689. The van der Waals surface area contributed by atoms with Gasteiger partial charge in [0.2, 0.25) is 0 Å². The molecule has 4 rings (SSSR count). The van der Waals surface area contributed by atoms with Crippen LogP contribution in [0, 0.1) is 0 Å². The summed E-state index contributed by atoms with van der Waals surface area (Å²) in [6, 6.07) is 22.3. The topological polar surface area (TPSA) is 74.8 Å². The molecule has 1 saturated heterocycles. The molecule has 3 aromatic rings. The van der Waals surface area contributed by atoms with Crippen LogP contribution in [0.25, 0.3) is 0 Å². The first-order chi connectivity index (χ1) is 15.2. The second-order valence-electron chi connectivity index (χ2n) is 7.23. The Kier molecular flexibility index (Phi) is 6.42. The van der Waals surface area contributed by atoms with Gasteiger partial charge in [-0.2, -0.15) is 0 Å². The van der Waals surface area contributed by atoms with Gasteiger partial charge in [-0.15, -0.1) is 0 Å². The predicted octanol–water partition coefficient (Wildman–Crippen LogP) is 3.65.